The molecule has 0 bridgehead atoms. The molecule has 2 aromatic heterocycles. The van der Waals surface area contributed by atoms with Crippen molar-refractivity contribution in [1.29, 1.82) is 0 Å². The first kappa shape index (κ1) is 31.0. The molecular weight excluding hydrogens is 544 g/mol. The van der Waals surface area contributed by atoms with Crippen molar-refractivity contribution in [3.8, 4) is 0 Å². The minimum atomic E-state index is -1.55. The van der Waals surface area contributed by atoms with E-state index >= 15 is 0 Å². The number of hydrogen-bond acceptors (Lipinski definition) is 11. The summed E-state index contributed by atoms with van der Waals surface area (Å²) in [5.74, 6) is -5.10. The molecule has 1 aliphatic heterocycles. The zero-order chi connectivity index (χ0) is 30.5. The minimum absolute atomic E-state index is 0.384. The monoisotopic (exact) mass is 570 g/mol. The predicted molar refractivity (Wildman–Crippen MR) is 146 cm³/mol. The molecular formula is C30H26N4O8-4. The number of pyridine rings is 1. The highest BCUT2D eigenvalue weighted by atomic mass is 16.4. The second kappa shape index (κ2) is 15.3. The Morgan fingerprint density at radius 3 is 1.86 bits per heavy atom. The van der Waals surface area contributed by atoms with Gasteiger partial charge in [-0.3, -0.25) is 4.90 Å². The van der Waals surface area contributed by atoms with Gasteiger partial charge in [0.2, 0.25) is 0 Å². The predicted octanol–water partition coefficient (Wildman–Crippen LogP) is -1.88. The standard InChI is InChI=1S/C22H22N4.2C4H4O4/c1-3-7-20-17(5-1)9-10-22(24-20)26-13-11-25(12-14-26)16-18-15-23-21-8-4-2-6-19(18)21;2*5-3(6)1-2-4(7)8/h1-10,15,23H,11-14,16H2;2*1-2H,(H,5,6)(H,7,8)/p-4. The Balaban J connectivity index is 0.000000252. The third-order valence-electron chi connectivity index (χ3n) is 6.06. The van der Waals surface area contributed by atoms with Crippen molar-refractivity contribution < 1.29 is 39.6 Å². The van der Waals surface area contributed by atoms with Gasteiger partial charge in [0.1, 0.15) is 5.82 Å². The Morgan fingerprint density at radius 1 is 0.714 bits per heavy atom. The summed E-state index contributed by atoms with van der Waals surface area (Å²) in [7, 11) is 0. The van der Waals surface area contributed by atoms with Crippen molar-refractivity contribution in [2.24, 2.45) is 0 Å². The lowest BCUT2D eigenvalue weighted by molar-refractivity contribution is -0.301. The highest BCUT2D eigenvalue weighted by Gasteiger charge is 2.19. The summed E-state index contributed by atoms with van der Waals surface area (Å²) < 4.78 is 0. The highest BCUT2D eigenvalue weighted by Crippen LogP contribution is 2.22. The third-order valence-corrected chi connectivity index (χ3v) is 6.06. The van der Waals surface area contributed by atoms with Gasteiger partial charge >= 0.3 is 0 Å². The van der Waals surface area contributed by atoms with Gasteiger partial charge < -0.3 is 49.5 Å². The van der Waals surface area contributed by atoms with E-state index < -0.39 is 23.9 Å². The van der Waals surface area contributed by atoms with Crippen LogP contribution in [0, 0.1) is 0 Å². The van der Waals surface area contributed by atoms with Crippen molar-refractivity contribution in [2.45, 2.75) is 6.54 Å². The van der Waals surface area contributed by atoms with Crippen LogP contribution in [0.1, 0.15) is 5.56 Å². The fourth-order valence-corrected chi connectivity index (χ4v) is 4.14. The van der Waals surface area contributed by atoms with E-state index in [-0.39, 0.29) is 0 Å². The summed E-state index contributed by atoms with van der Waals surface area (Å²) >= 11 is 0. The summed E-state index contributed by atoms with van der Waals surface area (Å²) in [5, 5.41) is 40.2. The number of carbonyl (C=O) groups excluding carboxylic acids is 4. The number of aromatic amines is 1. The number of nitrogens with zero attached hydrogens (tertiary/aromatic N) is 3. The molecule has 1 N–H and O–H groups in total. The maximum absolute atomic E-state index is 9.41. The second-order valence-electron chi connectivity index (χ2n) is 8.93. The van der Waals surface area contributed by atoms with Gasteiger partial charge in [0.15, 0.2) is 0 Å². The second-order valence-corrected chi connectivity index (χ2v) is 8.93. The number of hydrogen-bond donors (Lipinski definition) is 1. The van der Waals surface area contributed by atoms with Crippen LogP contribution in [-0.2, 0) is 25.7 Å². The van der Waals surface area contributed by atoms with Crippen LogP contribution in [0.15, 0.2) is 91.2 Å². The van der Waals surface area contributed by atoms with Gasteiger partial charge in [0.05, 0.1) is 29.4 Å². The number of para-hydroxylation sites is 2. The van der Waals surface area contributed by atoms with Crippen molar-refractivity contribution in [3.05, 3.63) is 96.7 Å². The average molecular weight is 571 g/mol. The number of carboxylic acids is 4. The molecule has 1 saturated heterocycles. The van der Waals surface area contributed by atoms with E-state index in [1.54, 1.807) is 0 Å². The van der Waals surface area contributed by atoms with Crippen LogP contribution in [-0.4, -0.2) is 64.9 Å². The topological polar surface area (TPSA) is 196 Å². The number of carbonyl (C=O) groups is 4. The quantitative estimate of drug-likeness (QED) is 0.244. The van der Waals surface area contributed by atoms with Crippen molar-refractivity contribution >= 4 is 51.5 Å². The van der Waals surface area contributed by atoms with E-state index in [4.69, 9.17) is 4.98 Å². The largest absolute Gasteiger partial charge is 0.545 e. The molecule has 0 unspecified atom stereocenters. The van der Waals surface area contributed by atoms with Crippen LogP contribution in [0.2, 0.25) is 0 Å². The van der Waals surface area contributed by atoms with Crippen LogP contribution in [0.25, 0.3) is 21.8 Å². The molecule has 0 radical (unpaired) electrons. The van der Waals surface area contributed by atoms with Gasteiger partial charge in [-0.2, -0.15) is 0 Å². The zero-order valence-electron chi connectivity index (χ0n) is 22.3. The molecule has 5 rings (SSSR count). The molecule has 12 nitrogen and oxygen atoms in total. The van der Waals surface area contributed by atoms with Crippen LogP contribution < -0.4 is 25.3 Å². The average Bonchev–Trinajstić information content (AvgIpc) is 3.38. The first-order valence-corrected chi connectivity index (χ1v) is 12.7. The van der Waals surface area contributed by atoms with Crippen LogP contribution in [0.3, 0.4) is 0 Å². The number of H-pyrrole nitrogens is 1. The number of carboxylic acid groups (broad SMARTS) is 4. The smallest absolute Gasteiger partial charge is 0.129 e. The molecule has 0 atom stereocenters. The summed E-state index contributed by atoms with van der Waals surface area (Å²) in [6, 6.07) is 21.2. The molecule has 1 aliphatic rings. The molecule has 218 valence electrons. The number of benzene rings is 2. The number of piperazine rings is 1. The van der Waals surface area contributed by atoms with E-state index in [9.17, 15) is 39.6 Å². The molecule has 1 fully saturated rings. The summed E-state index contributed by atoms with van der Waals surface area (Å²) in [6.07, 6.45) is 3.69. The van der Waals surface area contributed by atoms with Gasteiger partial charge in [-0.25, -0.2) is 4.98 Å². The van der Waals surface area contributed by atoms with Gasteiger partial charge in [0.25, 0.3) is 0 Å². The SMILES string of the molecule is O=C([O-])C=CC(=O)[O-].O=C([O-])C=CC(=O)[O-].c1ccc2nc(N3CCN(Cc4c[nH]c5ccccc45)CC3)ccc2c1. The fraction of sp³-hybridized carbons (Fsp3) is 0.167. The van der Waals surface area contributed by atoms with Crippen molar-refractivity contribution in [1.82, 2.24) is 14.9 Å². The first-order chi connectivity index (χ1) is 20.1. The lowest BCUT2D eigenvalue weighted by Crippen LogP contribution is -2.46. The van der Waals surface area contributed by atoms with Gasteiger partial charge in [0, 0.05) is 55.2 Å². The number of fused-ring (bicyclic) bond motifs is 2. The lowest BCUT2D eigenvalue weighted by atomic mass is 10.1. The summed E-state index contributed by atoms with van der Waals surface area (Å²) in [5.41, 5.74) is 3.69. The zero-order valence-corrected chi connectivity index (χ0v) is 22.3. The number of anilines is 1. The van der Waals surface area contributed by atoms with Crippen LogP contribution >= 0.6 is 0 Å². The highest BCUT2D eigenvalue weighted by molar-refractivity contribution is 5.88. The summed E-state index contributed by atoms with van der Waals surface area (Å²) in [4.78, 5) is 50.8. The molecule has 42 heavy (non-hydrogen) atoms. The van der Waals surface area contributed by atoms with Crippen LogP contribution in [0.4, 0.5) is 5.82 Å². The Kier molecular flexibility index (Phi) is 11.3. The van der Waals surface area contributed by atoms with Crippen molar-refractivity contribution in [3.63, 3.8) is 0 Å². The molecule has 12 heteroatoms. The van der Waals surface area contributed by atoms with Crippen molar-refractivity contribution in [2.75, 3.05) is 31.1 Å². The molecule has 0 amide bonds. The maximum Gasteiger partial charge on any atom is 0.129 e. The Hall–Kier alpha value is -5.49. The normalized spacial score (nSPS) is 13.4. The first-order valence-electron chi connectivity index (χ1n) is 12.7. The minimum Gasteiger partial charge on any atom is -0.545 e. The molecule has 4 aromatic rings. The Morgan fingerprint density at radius 2 is 1.26 bits per heavy atom. The van der Waals surface area contributed by atoms with E-state index in [2.05, 4.69) is 81.6 Å². The number of aliphatic carboxylic acids is 4. The van der Waals surface area contributed by atoms with Gasteiger partial charge in [-0.15, -0.1) is 0 Å². The molecule has 3 heterocycles. The Bertz CT molecular complexity index is 1540. The fourth-order valence-electron chi connectivity index (χ4n) is 4.14. The lowest BCUT2D eigenvalue weighted by Gasteiger charge is -2.35. The molecule has 0 spiro atoms. The van der Waals surface area contributed by atoms with E-state index in [0.29, 0.717) is 24.3 Å². The third kappa shape index (κ3) is 9.92. The van der Waals surface area contributed by atoms with E-state index in [1.165, 1.54) is 21.9 Å². The maximum atomic E-state index is 9.41. The molecule has 0 aliphatic carbocycles. The molecule has 0 saturated carbocycles. The summed E-state index contributed by atoms with van der Waals surface area (Å²) in [6.45, 7) is 5.17. The van der Waals surface area contributed by atoms with Gasteiger partial charge in [-0.1, -0.05) is 36.4 Å². The van der Waals surface area contributed by atoms with E-state index in [0.717, 1.165) is 44.1 Å². The number of aromatic nitrogens is 2. The number of nitrogens with one attached hydrogen (secondary N) is 1. The molecule has 2 aromatic carbocycles. The Labute approximate surface area is 240 Å². The van der Waals surface area contributed by atoms with Gasteiger partial charge in [-0.05, 0) is 54.1 Å². The number of rotatable bonds is 7. The van der Waals surface area contributed by atoms with E-state index in [1.807, 2.05) is 0 Å². The van der Waals surface area contributed by atoms with Crippen LogP contribution in [0.5, 0.6) is 0 Å².